The Morgan fingerprint density at radius 2 is 1.48 bits per heavy atom. The first kappa shape index (κ1) is 29.4. The predicted octanol–water partition coefficient (Wildman–Crippen LogP) is 3.27. The van der Waals surface area contributed by atoms with Crippen molar-refractivity contribution in [1.82, 2.24) is 19.9 Å². The number of aromatic nitrogens is 3. The molecule has 0 bridgehead atoms. The van der Waals surface area contributed by atoms with Crippen LogP contribution >= 0.6 is 0 Å². The highest BCUT2D eigenvalue weighted by Crippen LogP contribution is 2.25. The van der Waals surface area contributed by atoms with Crippen LogP contribution in [0.5, 0.6) is 0 Å². The minimum absolute atomic E-state index is 0.0127. The summed E-state index contributed by atoms with van der Waals surface area (Å²) >= 11 is 0. The normalized spacial score (nSPS) is 11.7. The number of amides is 1. The van der Waals surface area contributed by atoms with Crippen molar-refractivity contribution in [3.8, 4) is 0 Å². The van der Waals surface area contributed by atoms with Crippen LogP contribution in [0.4, 0.5) is 13.2 Å². The van der Waals surface area contributed by atoms with Crippen molar-refractivity contribution < 1.29 is 37.8 Å². The average Bonchev–Trinajstić information content (AvgIpc) is 3.44. The Kier molecular flexibility index (Phi) is 9.57. The SMILES string of the molecule is O=C(N[C@@H](Cc1cnc[nH]1)C(=O)O)c1cccn(C(c2ccccc2)c2ccccc2)c1=O.O=C(O)C(F)(F)F. The second-order valence-electron chi connectivity index (χ2n) is 8.31. The molecule has 2 heterocycles. The van der Waals surface area contributed by atoms with Gasteiger partial charge in [0.1, 0.15) is 11.6 Å². The number of nitrogens with one attached hydrogen (secondary N) is 2. The van der Waals surface area contributed by atoms with Gasteiger partial charge in [0.2, 0.25) is 0 Å². The largest absolute Gasteiger partial charge is 0.490 e. The highest BCUT2D eigenvalue weighted by atomic mass is 19.4. The van der Waals surface area contributed by atoms with Crippen molar-refractivity contribution in [3.63, 3.8) is 0 Å². The summed E-state index contributed by atoms with van der Waals surface area (Å²) in [5, 5.41) is 19.1. The number of rotatable bonds is 8. The summed E-state index contributed by atoms with van der Waals surface area (Å²) in [6.45, 7) is 0. The standard InChI is InChI=1S/C25H22N4O4.C2HF3O2/c30-23(28-21(25(32)33)14-19-15-26-16-27-19)20-12-7-13-29(24(20)31)22(17-8-3-1-4-9-17)18-10-5-2-6-11-18;3-2(4,5)1(6)7/h1-13,15-16,21-22H,14H2,(H,26,27)(H,28,30)(H,32,33);(H,6,7)/t21-;/m0./s1. The number of carbonyl (C=O) groups is 3. The van der Waals surface area contributed by atoms with Crippen molar-refractivity contribution in [1.29, 1.82) is 0 Å². The van der Waals surface area contributed by atoms with Gasteiger partial charge in [-0.15, -0.1) is 0 Å². The van der Waals surface area contributed by atoms with Crippen LogP contribution in [-0.2, 0) is 16.0 Å². The van der Waals surface area contributed by atoms with E-state index in [1.807, 2.05) is 60.7 Å². The first-order valence-corrected chi connectivity index (χ1v) is 11.6. The van der Waals surface area contributed by atoms with Crippen LogP contribution in [-0.4, -0.2) is 54.8 Å². The Hall–Kier alpha value is -5.20. The molecule has 1 amide bonds. The lowest BCUT2D eigenvalue weighted by atomic mass is 9.98. The summed E-state index contributed by atoms with van der Waals surface area (Å²) in [4.78, 5) is 53.6. The zero-order valence-electron chi connectivity index (χ0n) is 20.6. The molecule has 1 atom stereocenters. The Balaban J connectivity index is 0.000000559. The van der Waals surface area contributed by atoms with Crippen LogP contribution in [0, 0.1) is 0 Å². The number of hydrogen-bond donors (Lipinski definition) is 4. The summed E-state index contributed by atoms with van der Waals surface area (Å²) in [5.74, 6) is -4.71. The van der Waals surface area contributed by atoms with Crippen LogP contribution in [0.2, 0.25) is 0 Å². The minimum atomic E-state index is -5.08. The number of carboxylic acids is 2. The van der Waals surface area contributed by atoms with E-state index in [0.717, 1.165) is 11.1 Å². The first-order chi connectivity index (χ1) is 19.0. The highest BCUT2D eigenvalue weighted by molar-refractivity contribution is 5.96. The third-order valence-corrected chi connectivity index (χ3v) is 5.55. The van der Waals surface area contributed by atoms with Crippen molar-refractivity contribution in [3.05, 3.63) is 124 Å². The Morgan fingerprint density at radius 1 is 0.925 bits per heavy atom. The maximum Gasteiger partial charge on any atom is 0.490 e. The van der Waals surface area contributed by atoms with E-state index in [-0.39, 0.29) is 12.0 Å². The number of nitrogens with zero attached hydrogens (tertiary/aromatic N) is 2. The second-order valence-corrected chi connectivity index (χ2v) is 8.31. The van der Waals surface area contributed by atoms with Gasteiger partial charge in [0.05, 0.1) is 12.4 Å². The van der Waals surface area contributed by atoms with Gasteiger partial charge >= 0.3 is 18.1 Å². The molecular formula is C27H23F3N4O6. The molecule has 0 aliphatic carbocycles. The van der Waals surface area contributed by atoms with E-state index in [1.165, 1.54) is 23.2 Å². The number of benzene rings is 2. The van der Waals surface area contributed by atoms with Crippen molar-refractivity contribution in [2.45, 2.75) is 24.7 Å². The van der Waals surface area contributed by atoms with Crippen LogP contribution in [0.1, 0.15) is 33.2 Å². The number of hydrogen-bond acceptors (Lipinski definition) is 5. The first-order valence-electron chi connectivity index (χ1n) is 11.6. The second kappa shape index (κ2) is 13.0. The molecule has 40 heavy (non-hydrogen) atoms. The van der Waals surface area contributed by atoms with Crippen molar-refractivity contribution in [2.24, 2.45) is 0 Å². The molecule has 0 aliphatic heterocycles. The molecule has 4 rings (SSSR count). The number of aliphatic carboxylic acids is 2. The molecule has 0 spiro atoms. The van der Waals surface area contributed by atoms with Crippen molar-refractivity contribution >= 4 is 17.8 Å². The number of pyridine rings is 1. The van der Waals surface area contributed by atoms with Crippen LogP contribution in [0.3, 0.4) is 0 Å². The van der Waals surface area contributed by atoms with E-state index in [0.29, 0.717) is 5.69 Å². The van der Waals surface area contributed by atoms with Gasteiger partial charge in [0, 0.05) is 24.5 Å². The number of carboxylic acid groups (broad SMARTS) is 2. The van der Waals surface area contributed by atoms with E-state index >= 15 is 0 Å². The Bertz CT molecular complexity index is 1450. The number of alkyl halides is 3. The molecule has 4 N–H and O–H groups in total. The minimum Gasteiger partial charge on any atom is -0.480 e. The molecule has 2 aromatic carbocycles. The van der Waals surface area contributed by atoms with Gasteiger partial charge in [-0.1, -0.05) is 60.7 Å². The Labute approximate surface area is 224 Å². The molecule has 0 unspecified atom stereocenters. The summed E-state index contributed by atoms with van der Waals surface area (Å²) in [7, 11) is 0. The highest BCUT2D eigenvalue weighted by Gasteiger charge is 2.38. The molecule has 4 aromatic rings. The van der Waals surface area contributed by atoms with Crippen LogP contribution < -0.4 is 10.9 Å². The van der Waals surface area contributed by atoms with E-state index in [4.69, 9.17) is 9.90 Å². The number of aromatic amines is 1. The third-order valence-electron chi connectivity index (χ3n) is 5.55. The van der Waals surface area contributed by atoms with E-state index in [2.05, 4.69) is 15.3 Å². The van der Waals surface area contributed by atoms with E-state index in [9.17, 15) is 32.7 Å². The molecular weight excluding hydrogens is 533 g/mol. The predicted molar refractivity (Wildman–Crippen MR) is 136 cm³/mol. The maximum absolute atomic E-state index is 13.4. The molecule has 0 saturated carbocycles. The van der Waals surface area contributed by atoms with Gasteiger partial charge in [0.15, 0.2) is 0 Å². The number of imidazole rings is 1. The summed E-state index contributed by atoms with van der Waals surface area (Å²) in [6.07, 6.45) is -0.525. The van der Waals surface area contributed by atoms with Crippen molar-refractivity contribution in [2.75, 3.05) is 0 Å². The molecule has 13 heteroatoms. The van der Waals surface area contributed by atoms with Gasteiger partial charge in [-0.25, -0.2) is 14.6 Å². The molecule has 10 nitrogen and oxygen atoms in total. The van der Waals surface area contributed by atoms with Gasteiger partial charge in [-0.3, -0.25) is 9.59 Å². The van der Waals surface area contributed by atoms with Gasteiger partial charge in [-0.2, -0.15) is 13.2 Å². The third kappa shape index (κ3) is 7.66. The fraction of sp³-hybridized carbons (Fsp3) is 0.148. The number of halogens is 3. The van der Waals surface area contributed by atoms with E-state index < -0.39 is 41.7 Å². The van der Waals surface area contributed by atoms with Gasteiger partial charge < -0.3 is 25.1 Å². The molecule has 208 valence electrons. The maximum atomic E-state index is 13.4. The number of carbonyl (C=O) groups excluding carboxylic acids is 1. The fourth-order valence-corrected chi connectivity index (χ4v) is 3.72. The number of H-pyrrole nitrogens is 1. The Morgan fingerprint density at radius 3 is 1.93 bits per heavy atom. The topological polar surface area (TPSA) is 154 Å². The lowest BCUT2D eigenvalue weighted by Crippen LogP contribution is -2.44. The average molecular weight is 556 g/mol. The molecule has 0 fully saturated rings. The molecule has 0 radical (unpaired) electrons. The smallest absolute Gasteiger partial charge is 0.480 e. The lowest BCUT2D eigenvalue weighted by Gasteiger charge is -2.22. The van der Waals surface area contributed by atoms with E-state index in [1.54, 1.807) is 12.3 Å². The fourth-order valence-electron chi connectivity index (χ4n) is 3.72. The van der Waals surface area contributed by atoms with Crippen LogP contribution in [0.25, 0.3) is 0 Å². The lowest BCUT2D eigenvalue weighted by molar-refractivity contribution is -0.192. The summed E-state index contributed by atoms with van der Waals surface area (Å²) in [6, 6.07) is 20.4. The van der Waals surface area contributed by atoms with Gasteiger partial charge in [-0.05, 0) is 23.3 Å². The molecule has 0 aliphatic rings. The quantitative estimate of drug-likeness (QED) is 0.260. The zero-order chi connectivity index (χ0) is 29.3. The monoisotopic (exact) mass is 556 g/mol. The summed E-state index contributed by atoms with van der Waals surface area (Å²) in [5.41, 5.74) is 1.67. The summed E-state index contributed by atoms with van der Waals surface area (Å²) < 4.78 is 33.2. The zero-order valence-corrected chi connectivity index (χ0v) is 20.6. The van der Waals surface area contributed by atoms with Gasteiger partial charge in [0.25, 0.3) is 11.5 Å². The molecule has 2 aromatic heterocycles. The molecule has 0 saturated heterocycles. The van der Waals surface area contributed by atoms with Crippen LogP contribution in [0.15, 0.2) is 96.3 Å².